The van der Waals surface area contributed by atoms with Crippen LogP contribution in [0.3, 0.4) is 0 Å². The smallest absolute Gasteiger partial charge is 0.399 e. The van der Waals surface area contributed by atoms with E-state index in [2.05, 4.69) is 20.6 Å². The summed E-state index contributed by atoms with van der Waals surface area (Å²) in [6, 6.07) is 60.2. The van der Waals surface area contributed by atoms with Crippen molar-refractivity contribution in [3.63, 3.8) is 0 Å². The van der Waals surface area contributed by atoms with E-state index in [1.54, 1.807) is 26.2 Å². The highest BCUT2D eigenvalue weighted by molar-refractivity contribution is 5.89. The third-order valence-electron chi connectivity index (χ3n) is 15.9. The summed E-state index contributed by atoms with van der Waals surface area (Å²) in [6.07, 6.45) is -10.5. The zero-order chi connectivity index (χ0) is 66.3. The number of halogens is 9. The molecule has 4 aromatic heterocycles. The molecule has 0 saturated carbocycles. The number of benzene rings is 9. The number of hydrogen-bond donors (Lipinski definition) is 5. The van der Waals surface area contributed by atoms with Crippen LogP contribution in [-0.2, 0) is 21.6 Å². The van der Waals surface area contributed by atoms with Crippen LogP contribution < -0.4 is 11.1 Å². The van der Waals surface area contributed by atoms with Crippen molar-refractivity contribution in [3.8, 4) is 22.7 Å². The Morgan fingerprint density at radius 2 is 0.710 bits per heavy atom. The Kier molecular flexibility index (Phi) is 17.0. The molecule has 93 heavy (non-hydrogen) atoms. The molecule has 9 aromatic carbocycles. The van der Waals surface area contributed by atoms with Gasteiger partial charge in [-0.1, -0.05) is 109 Å². The highest BCUT2D eigenvalue weighted by Gasteiger charge is 2.58. The largest absolute Gasteiger partial charge is 0.425 e. The van der Waals surface area contributed by atoms with Crippen LogP contribution in [-0.4, -0.2) is 73.7 Å². The summed E-state index contributed by atoms with van der Waals surface area (Å²) in [5.41, 5.74) is 0.932. The van der Waals surface area contributed by atoms with Gasteiger partial charge in [0.1, 0.15) is 0 Å². The number of alkyl halides is 9. The summed E-state index contributed by atoms with van der Waals surface area (Å²) in [7, 11) is 0. The summed E-state index contributed by atoms with van der Waals surface area (Å²) in [4.78, 5) is 11.3. The van der Waals surface area contributed by atoms with Crippen LogP contribution in [0, 0.1) is 13.8 Å². The number of aromatic nitrogens is 7. The first-order chi connectivity index (χ1) is 44.2. The predicted molar refractivity (Wildman–Crippen MR) is 337 cm³/mol. The van der Waals surface area contributed by atoms with E-state index in [0.29, 0.717) is 38.4 Å². The number of fused-ring (bicyclic) bond motifs is 3. The molecule has 3 atom stereocenters. The van der Waals surface area contributed by atoms with Crippen LogP contribution in [0.2, 0.25) is 0 Å². The maximum absolute atomic E-state index is 14.5. The van der Waals surface area contributed by atoms with E-state index in [9.17, 15) is 59.6 Å². The van der Waals surface area contributed by atoms with Gasteiger partial charge in [0.25, 0.3) is 0 Å². The van der Waals surface area contributed by atoms with Crippen molar-refractivity contribution < 1.29 is 59.6 Å². The van der Waals surface area contributed by atoms with Gasteiger partial charge in [-0.05, 0) is 169 Å². The summed E-state index contributed by atoms with van der Waals surface area (Å²) in [6.45, 7) is 5.02. The number of hydrogen-bond acceptors (Lipinski definition) is 8. The number of carbonyl (C=O) groups is 1. The van der Waals surface area contributed by atoms with Crippen LogP contribution in [0.5, 0.6) is 0 Å². The fraction of sp³-hybridized carbons (Fsp3) is 0.127. The number of rotatable bonds is 11. The lowest BCUT2D eigenvalue weighted by atomic mass is 9.85. The number of nitrogens with zero attached hydrogens (tertiary/aromatic N) is 7. The first-order valence-electron chi connectivity index (χ1n) is 28.7. The molecule has 1 amide bonds. The quantitative estimate of drug-likeness (QED) is 0.0628. The average Bonchev–Trinajstić information content (AvgIpc) is 1.66. The number of para-hydroxylation sites is 3. The van der Waals surface area contributed by atoms with Gasteiger partial charge >= 0.3 is 18.5 Å². The van der Waals surface area contributed by atoms with Gasteiger partial charge in [-0.2, -0.15) is 54.8 Å². The van der Waals surface area contributed by atoms with Crippen LogP contribution in [0.15, 0.2) is 249 Å². The van der Waals surface area contributed by atoms with Crippen molar-refractivity contribution in [2.45, 2.75) is 56.1 Å². The molecule has 6 N–H and O–H groups in total. The minimum atomic E-state index is -5.01. The molecule has 13 aromatic rings. The Morgan fingerprint density at radius 3 is 1.06 bits per heavy atom. The molecule has 0 aliphatic heterocycles. The Balaban J connectivity index is 0.000000143. The summed E-state index contributed by atoms with van der Waals surface area (Å²) in [5.74, 6) is -0.428. The zero-order valence-corrected chi connectivity index (χ0v) is 49.5. The minimum Gasteiger partial charge on any atom is -0.399 e. The third kappa shape index (κ3) is 12.1. The summed E-state index contributed by atoms with van der Waals surface area (Å²) < 4.78 is 135. The molecule has 0 aliphatic rings. The van der Waals surface area contributed by atoms with Crippen molar-refractivity contribution in [2.24, 2.45) is 0 Å². The molecular weight excluding hydrogens is 1210 g/mol. The number of nitrogens with one attached hydrogen (secondary N) is 1. The standard InChI is InChI=1S/C27H22F3N3O.C23H18F3N3O2.C21H16F3N3O/c1-18-11-12-19(2)32(18)24-10-6-7-21(16-24)26(34,27(28,29)30)22-13-14-25-20(15-22)17-31-33(25)23-8-4-3-5-9-23;1-15(30)28-19-7-5-6-17(13-19)22(31,23(24,25)26)18-10-11-21-16(12-18)14-27-29(21)20-8-3-2-4-9-20;22-21(23,24)20(28,15-5-4-6-17(25)12-15)16-9-10-19-14(11-16)13-26-27(19)18-7-2-1-3-8-18/h3-17,34H,1-2H3;2-14,31H,1H3,(H,28,30);1-13,28H,25H2. The van der Waals surface area contributed by atoms with Gasteiger partial charge in [0, 0.05) is 51.5 Å². The topological polar surface area (TPSA) is 174 Å². The van der Waals surface area contributed by atoms with Crippen LogP contribution in [0.4, 0.5) is 50.9 Å². The monoisotopic (exact) mass is 1270 g/mol. The lowest BCUT2D eigenvalue weighted by Crippen LogP contribution is -2.43. The van der Waals surface area contributed by atoms with Gasteiger partial charge < -0.3 is 30.9 Å². The van der Waals surface area contributed by atoms with Gasteiger partial charge in [-0.25, -0.2) is 14.0 Å². The van der Waals surface area contributed by atoms with E-state index in [0.717, 1.165) is 40.6 Å². The third-order valence-corrected chi connectivity index (χ3v) is 15.9. The molecule has 22 heteroatoms. The number of nitrogens with two attached hydrogens (primary N) is 1. The Labute approximate surface area is 525 Å². The number of anilines is 2. The van der Waals surface area contributed by atoms with E-state index < -0.39 is 46.8 Å². The first kappa shape index (κ1) is 63.7. The Morgan fingerprint density at radius 1 is 0.387 bits per heavy atom. The predicted octanol–water partition coefficient (Wildman–Crippen LogP) is 15.4. The fourth-order valence-corrected chi connectivity index (χ4v) is 11.3. The van der Waals surface area contributed by atoms with Gasteiger partial charge in [0.05, 0.1) is 52.2 Å². The summed E-state index contributed by atoms with van der Waals surface area (Å²) in [5, 5.41) is 49.8. The van der Waals surface area contributed by atoms with E-state index in [1.165, 1.54) is 129 Å². The molecule has 0 aliphatic carbocycles. The second-order valence-corrected chi connectivity index (χ2v) is 22.0. The van der Waals surface area contributed by atoms with Gasteiger partial charge in [-0.15, -0.1) is 0 Å². The molecular formula is C71H56F9N9O4. The molecule has 0 bridgehead atoms. The number of nitrogen functional groups attached to an aromatic ring is 1. The highest BCUT2D eigenvalue weighted by Crippen LogP contribution is 2.48. The molecule has 472 valence electrons. The van der Waals surface area contributed by atoms with Gasteiger partial charge in [-0.3, -0.25) is 4.79 Å². The van der Waals surface area contributed by atoms with Gasteiger partial charge in [0.15, 0.2) is 0 Å². The van der Waals surface area contributed by atoms with Crippen molar-refractivity contribution in [1.29, 1.82) is 0 Å². The minimum absolute atomic E-state index is 0.137. The fourth-order valence-electron chi connectivity index (χ4n) is 11.3. The second-order valence-electron chi connectivity index (χ2n) is 22.0. The van der Waals surface area contributed by atoms with Crippen molar-refractivity contribution in [3.05, 3.63) is 294 Å². The zero-order valence-electron chi connectivity index (χ0n) is 49.5. The van der Waals surface area contributed by atoms with E-state index in [1.807, 2.05) is 122 Å². The van der Waals surface area contributed by atoms with E-state index in [-0.39, 0.29) is 39.2 Å². The molecule has 13 rings (SSSR count). The van der Waals surface area contributed by atoms with Crippen molar-refractivity contribution in [1.82, 2.24) is 33.9 Å². The molecule has 0 radical (unpaired) electrons. The van der Waals surface area contributed by atoms with Crippen LogP contribution in [0.1, 0.15) is 51.7 Å². The molecule has 4 heterocycles. The van der Waals surface area contributed by atoms with Crippen LogP contribution >= 0.6 is 0 Å². The maximum atomic E-state index is 14.5. The number of aliphatic hydroxyl groups is 3. The Hall–Kier alpha value is -10.8. The Bertz CT molecular complexity index is 4810. The lowest BCUT2D eigenvalue weighted by Gasteiger charge is -2.32. The molecule has 13 nitrogen and oxygen atoms in total. The lowest BCUT2D eigenvalue weighted by molar-refractivity contribution is -0.248. The average molecular weight is 1270 g/mol. The summed E-state index contributed by atoms with van der Waals surface area (Å²) >= 11 is 0. The van der Waals surface area contributed by atoms with E-state index in [4.69, 9.17) is 5.73 Å². The van der Waals surface area contributed by atoms with Crippen LogP contribution in [0.25, 0.3) is 55.5 Å². The molecule has 0 fully saturated rings. The number of carbonyl (C=O) groups excluding carboxylic acids is 1. The van der Waals surface area contributed by atoms with Gasteiger partial charge in [0.2, 0.25) is 22.7 Å². The van der Waals surface area contributed by atoms with Crippen molar-refractivity contribution in [2.75, 3.05) is 11.1 Å². The first-order valence-corrected chi connectivity index (χ1v) is 28.7. The normalized spacial score (nSPS) is 13.9. The molecule has 0 saturated heterocycles. The highest BCUT2D eigenvalue weighted by atomic mass is 19.4. The second kappa shape index (κ2) is 24.8. The molecule has 0 spiro atoms. The SMILES string of the molecule is CC(=O)Nc1cccc(C(O)(c2ccc3c(cnn3-c3ccccc3)c2)C(F)(F)F)c1.Cc1ccc(C)n1-c1cccc(C(O)(c2ccc3c(cnn3-c3ccccc3)c2)C(F)(F)F)c1.Nc1cccc(C(O)(c2ccc3c(cnn3-c3ccccc3)c2)C(F)(F)F)c1. The maximum Gasteiger partial charge on any atom is 0.425 e. The van der Waals surface area contributed by atoms with Crippen molar-refractivity contribution >= 4 is 50.0 Å². The van der Waals surface area contributed by atoms with E-state index >= 15 is 0 Å². The number of aryl methyl sites for hydroxylation is 2. The number of amides is 1. The molecule has 3 unspecified atom stereocenters.